The highest BCUT2D eigenvalue weighted by molar-refractivity contribution is 8.26. The molecule has 2 heterocycles. The molecule has 1 fully saturated rings. The largest absolute Gasteiger partial charge is 0.497 e. The van der Waals surface area contributed by atoms with E-state index in [0.29, 0.717) is 35.8 Å². The summed E-state index contributed by atoms with van der Waals surface area (Å²) >= 11 is 13.4. The molecular formula is C27H18ClNO6S3. The Morgan fingerprint density at radius 1 is 1.08 bits per heavy atom. The van der Waals surface area contributed by atoms with Gasteiger partial charge in [-0.05, 0) is 47.5 Å². The van der Waals surface area contributed by atoms with Crippen molar-refractivity contribution < 1.29 is 23.5 Å². The quantitative estimate of drug-likeness (QED) is 0.107. The van der Waals surface area contributed by atoms with Crippen molar-refractivity contribution in [2.75, 3.05) is 13.7 Å². The number of thioether (sulfide) groups is 1. The van der Waals surface area contributed by atoms with E-state index in [9.17, 15) is 14.4 Å². The van der Waals surface area contributed by atoms with E-state index in [0.717, 1.165) is 22.5 Å². The minimum atomic E-state index is -0.545. The molecule has 192 valence electrons. The molecule has 3 aromatic carbocycles. The van der Waals surface area contributed by atoms with Crippen molar-refractivity contribution in [2.45, 2.75) is 6.42 Å². The third-order valence-electron chi connectivity index (χ3n) is 5.62. The van der Waals surface area contributed by atoms with Gasteiger partial charge in [0.15, 0.2) is 5.58 Å². The Morgan fingerprint density at radius 3 is 2.53 bits per heavy atom. The molecular weight excluding hydrogens is 566 g/mol. The average molecular weight is 584 g/mol. The summed E-state index contributed by atoms with van der Waals surface area (Å²) in [5.74, 6) is 0.127. The highest BCUT2D eigenvalue weighted by Gasteiger charge is 2.32. The van der Waals surface area contributed by atoms with Gasteiger partial charge in [-0.3, -0.25) is 14.5 Å². The number of thiocarbonyl (C=S) groups is 1. The first-order chi connectivity index (χ1) is 18.3. The van der Waals surface area contributed by atoms with E-state index in [2.05, 4.69) is 0 Å². The number of rotatable bonds is 7. The number of esters is 1. The van der Waals surface area contributed by atoms with Crippen LogP contribution in [0.5, 0.6) is 11.5 Å². The van der Waals surface area contributed by atoms with Gasteiger partial charge in [0, 0.05) is 23.2 Å². The normalized spacial score (nSPS) is 14.5. The number of carbonyl (C=O) groups is 2. The van der Waals surface area contributed by atoms with Crippen LogP contribution in [0.4, 0.5) is 0 Å². The fourth-order valence-corrected chi connectivity index (χ4v) is 5.94. The summed E-state index contributed by atoms with van der Waals surface area (Å²) in [6, 6.07) is 17.5. The number of nitrogens with zero attached hydrogens (tertiary/aromatic N) is 1. The molecule has 4 aromatic rings. The fraction of sp³-hybridized carbons (Fsp3) is 0.111. The van der Waals surface area contributed by atoms with Gasteiger partial charge in [-0.25, -0.2) is 4.79 Å². The number of benzene rings is 3. The van der Waals surface area contributed by atoms with Gasteiger partial charge < -0.3 is 13.9 Å². The van der Waals surface area contributed by atoms with Crippen LogP contribution in [0.3, 0.4) is 0 Å². The molecule has 0 spiro atoms. The van der Waals surface area contributed by atoms with Crippen molar-refractivity contribution in [2.24, 2.45) is 0 Å². The van der Waals surface area contributed by atoms with E-state index in [1.807, 2.05) is 12.1 Å². The number of hydrogen-bond donors (Lipinski definition) is 0. The molecule has 11 heteroatoms. The van der Waals surface area contributed by atoms with E-state index in [1.165, 1.54) is 16.7 Å². The molecule has 0 bridgehead atoms. The van der Waals surface area contributed by atoms with E-state index in [1.54, 1.807) is 61.7 Å². The summed E-state index contributed by atoms with van der Waals surface area (Å²) in [6.07, 6.45) is 1.67. The van der Waals surface area contributed by atoms with Crippen LogP contribution in [0.1, 0.15) is 12.0 Å². The second-order valence-electron chi connectivity index (χ2n) is 8.09. The van der Waals surface area contributed by atoms with Crippen molar-refractivity contribution in [1.82, 2.24) is 4.90 Å². The Morgan fingerprint density at radius 2 is 1.82 bits per heavy atom. The summed E-state index contributed by atoms with van der Waals surface area (Å²) in [5, 5.41) is 0.602. The Kier molecular flexibility index (Phi) is 7.66. The number of methoxy groups -OCH3 is 1. The van der Waals surface area contributed by atoms with Crippen molar-refractivity contribution in [1.29, 1.82) is 0 Å². The molecule has 0 atom stereocenters. The summed E-state index contributed by atoms with van der Waals surface area (Å²) in [6.45, 7) is 0.0775. The van der Waals surface area contributed by atoms with Gasteiger partial charge in [0.2, 0.25) is 0 Å². The predicted octanol–water partition coefficient (Wildman–Crippen LogP) is 6.38. The lowest BCUT2D eigenvalue weighted by atomic mass is 10.0. The number of fused-ring (bicyclic) bond motifs is 1. The van der Waals surface area contributed by atoms with E-state index >= 15 is 0 Å². The standard InChI is InChI=1S/C27H18ClNO6S3/c1-33-18-8-4-16(5-9-18)20-13-19(14-21-24(20)35-27(32)38-21)34-23(30)10-11-29-25(31)22(37-26(29)36)12-15-2-6-17(28)7-3-15/h2-9,12-14H,10-11H2,1H3/b22-12-. The van der Waals surface area contributed by atoms with Crippen molar-refractivity contribution >= 4 is 79.5 Å². The highest BCUT2D eigenvalue weighted by atomic mass is 35.5. The second-order valence-corrected chi connectivity index (χ2v) is 11.2. The summed E-state index contributed by atoms with van der Waals surface area (Å²) in [4.78, 5) is 38.9. The molecule has 1 amide bonds. The number of hydrogen-bond acceptors (Lipinski definition) is 9. The third-order valence-corrected chi connectivity index (χ3v) is 8.02. The van der Waals surface area contributed by atoms with Gasteiger partial charge >= 0.3 is 10.9 Å². The number of carbonyl (C=O) groups excluding carboxylic acids is 2. The highest BCUT2D eigenvalue weighted by Crippen LogP contribution is 2.36. The zero-order valence-corrected chi connectivity index (χ0v) is 23.0. The zero-order chi connectivity index (χ0) is 26.8. The Bertz CT molecular complexity index is 1640. The molecule has 1 saturated heterocycles. The number of halogens is 1. The van der Waals surface area contributed by atoms with Crippen LogP contribution in [0.15, 0.2) is 74.8 Å². The van der Waals surface area contributed by atoms with Gasteiger partial charge in [0.05, 0.1) is 23.1 Å². The Hall–Kier alpha value is -3.44. The van der Waals surface area contributed by atoms with Crippen LogP contribution >= 0.6 is 46.9 Å². The third kappa shape index (κ3) is 5.68. The van der Waals surface area contributed by atoms with Gasteiger partial charge in [-0.1, -0.05) is 71.2 Å². The van der Waals surface area contributed by atoms with Gasteiger partial charge in [0.25, 0.3) is 5.91 Å². The molecule has 1 aromatic heterocycles. The minimum absolute atomic E-state index is 0.0712. The molecule has 0 aliphatic carbocycles. The maximum absolute atomic E-state index is 12.9. The van der Waals surface area contributed by atoms with E-state index < -0.39 is 10.9 Å². The lowest BCUT2D eigenvalue weighted by molar-refractivity contribution is -0.134. The van der Waals surface area contributed by atoms with Crippen LogP contribution in [0, 0.1) is 0 Å². The molecule has 1 aliphatic rings. The topological polar surface area (TPSA) is 86.0 Å². The van der Waals surface area contributed by atoms with Gasteiger partial charge in [-0.2, -0.15) is 0 Å². The molecule has 5 rings (SSSR count). The minimum Gasteiger partial charge on any atom is -0.497 e. The number of amides is 1. The smallest absolute Gasteiger partial charge is 0.396 e. The van der Waals surface area contributed by atoms with E-state index in [4.69, 9.17) is 37.7 Å². The molecule has 38 heavy (non-hydrogen) atoms. The summed E-state index contributed by atoms with van der Waals surface area (Å²) < 4.78 is 17.1. The van der Waals surface area contributed by atoms with Crippen molar-refractivity contribution in [3.8, 4) is 22.6 Å². The molecule has 0 unspecified atom stereocenters. The Balaban J connectivity index is 1.30. The van der Waals surface area contributed by atoms with E-state index in [-0.39, 0.29) is 24.6 Å². The van der Waals surface area contributed by atoms with Gasteiger partial charge in [-0.15, -0.1) is 0 Å². The lowest BCUT2D eigenvalue weighted by Crippen LogP contribution is -2.31. The maximum atomic E-state index is 12.9. The number of ether oxygens (including phenoxy) is 2. The van der Waals surface area contributed by atoms with Crippen molar-refractivity contribution in [3.05, 3.63) is 85.9 Å². The monoisotopic (exact) mass is 583 g/mol. The van der Waals surface area contributed by atoms with Crippen LogP contribution < -0.4 is 14.4 Å². The molecule has 0 radical (unpaired) electrons. The zero-order valence-electron chi connectivity index (χ0n) is 19.8. The van der Waals surface area contributed by atoms with Crippen LogP contribution in [0.2, 0.25) is 5.02 Å². The summed E-state index contributed by atoms with van der Waals surface area (Å²) in [5.41, 5.74) is 2.60. The second kappa shape index (κ2) is 11.1. The molecule has 0 saturated carbocycles. The predicted molar refractivity (Wildman–Crippen MR) is 154 cm³/mol. The van der Waals surface area contributed by atoms with Crippen molar-refractivity contribution in [3.63, 3.8) is 0 Å². The first-order valence-corrected chi connectivity index (χ1v) is 13.7. The average Bonchev–Trinajstić information content (AvgIpc) is 3.41. The molecule has 7 nitrogen and oxygen atoms in total. The first-order valence-electron chi connectivity index (χ1n) is 11.2. The summed E-state index contributed by atoms with van der Waals surface area (Å²) in [7, 11) is 1.57. The van der Waals surface area contributed by atoms with Crippen LogP contribution in [-0.2, 0) is 9.59 Å². The van der Waals surface area contributed by atoms with Gasteiger partial charge in [0.1, 0.15) is 15.8 Å². The molecule has 0 N–H and O–H groups in total. The molecule has 1 aliphatic heterocycles. The fourth-order valence-electron chi connectivity index (χ4n) is 3.78. The first kappa shape index (κ1) is 26.2. The van der Waals surface area contributed by atoms with Crippen LogP contribution in [0.25, 0.3) is 27.5 Å². The lowest BCUT2D eigenvalue weighted by Gasteiger charge is -2.14. The Labute approximate surface area is 235 Å². The van der Waals surface area contributed by atoms with Crippen LogP contribution in [-0.4, -0.2) is 34.8 Å². The SMILES string of the molecule is COc1ccc(-c2cc(OC(=O)CCN3C(=O)/C(=C/c4ccc(Cl)cc4)SC3=S)cc3sc(=O)oc23)cc1. The maximum Gasteiger partial charge on any atom is 0.396 e.